The molecular formula is C15H16ClFN2O2S. The number of aryl methyl sites for hydroxylation is 1. The molecule has 22 heavy (non-hydrogen) atoms. The average molecular weight is 343 g/mol. The number of ether oxygens (including phenoxy) is 1. The van der Waals surface area contributed by atoms with E-state index in [2.05, 4.69) is 4.98 Å². The van der Waals surface area contributed by atoms with Gasteiger partial charge in [0.05, 0.1) is 16.6 Å². The molecule has 1 amide bonds. The lowest BCUT2D eigenvalue weighted by atomic mass is 10.3. The number of likely N-dealkylation sites (N-methyl/N-ethyl adjacent to an activating group) is 1. The Balaban J connectivity index is 1.98. The quantitative estimate of drug-likeness (QED) is 0.832. The van der Waals surface area contributed by atoms with Crippen molar-refractivity contribution in [3.05, 3.63) is 45.1 Å². The molecule has 1 heterocycles. The van der Waals surface area contributed by atoms with E-state index >= 15 is 0 Å². The Hall–Kier alpha value is -1.66. The van der Waals surface area contributed by atoms with Crippen LogP contribution in [0.1, 0.15) is 16.8 Å². The average Bonchev–Trinajstić information content (AvgIpc) is 2.86. The Labute approximate surface area is 137 Å². The number of rotatable bonds is 5. The molecule has 118 valence electrons. The van der Waals surface area contributed by atoms with Gasteiger partial charge in [0, 0.05) is 18.1 Å². The summed E-state index contributed by atoms with van der Waals surface area (Å²) in [5.41, 5.74) is 0. The van der Waals surface area contributed by atoms with Gasteiger partial charge in [0.2, 0.25) is 0 Å². The summed E-state index contributed by atoms with van der Waals surface area (Å²) in [7, 11) is 1.70. The highest BCUT2D eigenvalue weighted by Gasteiger charge is 2.21. The van der Waals surface area contributed by atoms with E-state index in [0.717, 1.165) is 16.0 Å². The maximum atomic E-state index is 13.0. The summed E-state index contributed by atoms with van der Waals surface area (Å²) < 4.78 is 18.5. The molecule has 4 nitrogen and oxygen atoms in total. The predicted molar refractivity (Wildman–Crippen MR) is 84.8 cm³/mol. The van der Waals surface area contributed by atoms with Crippen molar-refractivity contribution < 1.29 is 13.9 Å². The van der Waals surface area contributed by atoms with Crippen molar-refractivity contribution >= 4 is 28.8 Å². The first-order valence-electron chi connectivity index (χ1n) is 6.65. The van der Waals surface area contributed by atoms with E-state index in [9.17, 15) is 9.18 Å². The van der Waals surface area contributed by atoms with Gasteiger partial charge < -0.3 is 9.64 Å². The van der Waals surface area contributed by atoms with E-state index in [1.165, 1.54) is 12.1 Å². The second-order valence-electron chi connectivity index (χ2n) is 4.87. The summed E-state index contributed by atoms with van der Waals surface area (Å²) >= 11 is 7.44. The largest absolute Gasteiger partial charge is 0.479 e. The third kappa shape index (κ3) is 4.18. The van der Waals surface area contributed by atoms with Crippen LogP contribution in [0.3, 0.4) is 0 Å². The summed E-state index contributed by atoms with van der Waals surface area (Å²) in [5.74, 6) is -0.355. The zero-order valence-corrected chi connectivity index (χ0v) is 14.0. The highest BCUT2D eigenvalue weighted by atomic mass is 35.5. The highest BCUT2D eigenvalue weighted by Crippen LogP contribution is 2.26. The monoisotopic (exact) mass is 342 g/mol. The molecule has 0 unspecified atom stereocenters. The van der Waals surface area contributed by atoms with Gasteiger partial charge in [-0.15, -0.1) is 11.3 Å². The first kappa shape index (κ1) is 16.7. The zero-order chi connectivity index (χ0) is 16.3. The summed E-state index contributed by atoms with van der Waals surface area (Å²) in [6.45, 7) is 4.02. The van der Waals surface area contributed by atoms with Crippen LogP contribution in [-0.4, -0.2) is 28.9 Å². The van der Waals surface area contributed by atoms with Crippen LogP contribution in [0.15, 0.2) is 24.4 Å². The molecule has 2 aromatic rings. The Morgan fingerprint density at radius 3 is 2.86 bits per heavy atom. The molecule has 0 aliphatic carbocycles. The van der Waals surface area contributed by atoms with Crippen molar-refractivity contribution in [2.75, 3.05) is 7.05 Å². The summed E-state index contributed by atoms with van der Waals surface area (Å²) in [5, 5.41) is 1.10. The second kappa shape index (κ2) is 7.07. The number of amides is 1. The lowest BCUT2D eigenvalue weighted by Gasteiger charge is -2.22. The molecule has 1 aromatic carbocycles. The Morgan fingerprint density at radius 1 is 1.55 bits per heavy atom. The number of nitrogens with zero attached hydrogens (tertiary/aromatic N) is 2. The summed E-state index contributed by atoms with van der Waals surface area (Å²) in [6.07, 6.45) is 1.04. The maximum Gasteiger partial charge on any atom is 0.263 e. The molecule has 0 fully saturated rings. The van der Waals surface area contributed by atoms with Gasteiger partial charge in [-0.2, -0.15) is 0 Å². The number of hydrogen-bond donors (Lipinski definition) is 0. The number of benzene rings is 1. The minimum atomic E-state index is -0.720. The number of hydrogen-bond acceptors (Lipinski definition) is 4. The minimum absolute atomic E-state index is 0.139. The van der Waals surface area contributed by atoms with Crippen LogP contribution in [0, 0.1) is 12.7 Å². The van der Waals surface area contributed by atoms with Crippen molar-refractivity contribution in [3.8, 4) is 5.75 Å². The van der Waals surface area contributed by atoms with E-state index < -0.39 is 11.9 Å². The smallest absolute Gasteiger partial charge is 0.263 e. The van der Waals surface area contributed by atoms with Crippen molar-refractivity contribution in [3.63, 3.8) is 0 Å². The number of thiazole rings is 1. The third-order valence-electron chi connectivity index (χ3n) is 2.98. The molecule has 0 aliphatic rings. The summed E-state index contributed by atoms with van der Waals surface area (Å²) in [6, 6.07) is 3.80. The van der Waals surface area contributed by atoms with Crippen molar-refractivity contribution in [1.82, 2.24) is 9.88 Å². The molecule has 0 aliphatic heterocycles. The van der Waals surface area contributed by atoms with Gasteiger partial charge in [0.25, 0.3) is 5.91 Å². The van der Waals surface area contributed by atoms with Crippen LogP contribution in [0.25, 0.3) is 0 Å². The summed E-state index contributed by atoms with van der Waals surface area (Å²) in [4.78, 5) is 19.0. The predicted octanol–water partition coefficient (Wildman–Crippen LogP) is 3.67. The Morgan fingerprint density at radius 2 is 2.27 bits per heavy atom. The lowest BCUT2D eigenvalue weighted by Crippen LogP contribution is -2.37. The molecule has 0 saturated heterocycles. The molecule has 1 aromatic heterocycles. The van der Waals surface area contributed by atoms with Gasteiger partial charge >= 0.3 is 0 Å². The standard InChI is InChI=1S/C15H16ClFN2O2S/c1-9(21-14-5-4-11(17)6-13(14)16)15(20)19(3)8-12-7-18-10(2)22-12/h4-7,9H,8H2,1-3H3/t9-/m1/s1. The fourth-order valence-corrected chi connectivity index (χ4v) is 2.97. The van der Waals surface area contributed by atoms with Gasteiger partial charge in [-0.25, -0.2) is 9.37 Å². The molecule has 0 radical (unpaired) electrons. The van der Waals surface area contributed by atoms with Gasteiger partial charge in [0.15, 0.2) is 6.10 Å². The van der Waals surface area contributed by atoms with E-state index in [1.54, 1.807) is 36.4 Å². The van der Waals surface area contributed by atoms with Crippen LogP contribution in [0.4, 0.5) is 4.39 Å². The first-order valence-corrected chi connectivity index (χ1v) is 7.84. The van der Waals surface area contributed by atoms with Gasteiger partial charge in [0.1, 0.15) is 11.6 Å². The number of halogens is 2. The number of aromatic nitrogens is 1. The first-order chi connectivity index (χ1) is 10.4. The number of carbonyl (C=O) groups is 1. The topological polar surface area (TPSA) is 42.4 Å². The molecule has 0 spiro atoms. The van der Waals surface area contributed by atoms with Crippen molar-refractivity contribution in [2.24, 2.45) is 0 Å². The van der Waals surface area contributed by atoms with Gasteiger partial charge in [-0.3, -0.25) is 4.79 Å². The van der Waals surface area contributed by atoms with Gasteiger partial charge in [-0.1, -0.05) is 11.6 Å². The molecule has 1 atom stereocenters. The van der Waals surface area contributed by atoms with E-state index in [0.29, 0.717) is 6.54 Å². The highest BCUT2D eigenvalue weighted by molar-refractivity contribution is 7.11. The number of carbonyl (C=O) groups excluding carboxylic acids is 1. The fraction of sp³-hybridized carbons (Fsp3) is 0.333. The Kier molecular flexibility index (Phi) is 5.37. The van der Waals surface area contributed by atoms with Crippen LogP contribution >= 0.6 is 22.9 Å². The van der Waals surface area contributed by atoms with Crippen LogP contribution in [0.2, 0.25) is 5.02 Å². The van der Waals surface area contributed by atoms with Crippen molar-refractivity contribution in [2.45, 2.75) is 26.5 Å². The molecular weight excluding hydrogens is 327 g/mol. The molecule has 0 bridgehead atoms. The van der Waals surface area contributed by atoms with Crippen LogP contribution in [-0.2, 0) is 11.3 Å². The van der Waals surface area contributed by atoms with Crippen LogP contribution in [0.5, 0.6) is 5.75 Å². The SMILES string of the molecule is Cc1ncc(CN(C)C(=O)[C@@H](C)Oc2ccc(F)cc2Cl)s1. The second-order valence-corrected chi connectivity index (χ2v) is 6.60. The molecule has 2 rings (SSSR count). The molecule has 0 N–H and O–H groups in total. The van der Waals surface area contributed by atoms with Crippen LogP contribution < -0.4 is 4.74 Å². The Bertz CT molecular complexity index is 677. The van der Waals surface area contributed by atoms with E-state index in [1.807, 2.05) is 6.92 Å². The molecule has 0 saturated carbocycles. The van der Waals surface area contributed by atoms with Gasteiger partial charge in [-0.05, 0) is 32.0 Å². The molecule has 7 heteroatoms. The van der Waals surface area contributed by atoms with E-state index in [4.69, 9.17) is 16.3 Å². The fourth-order valence-electron chi connectivity index (χ4n) is 1.91. The van der Waals surface area contributed by atoms with Crippen molar-refractivity contribution in [1.29, 1.82) is 0 Å². The minimum Gasteiger partial charge on any atom is -0.479 e. The lowest BCUT2D eigenvalue weighted by molar-refractivity contribution is -0.137. The van der Waals surface area contributed by atoms with E-state index in [-0.39, 0.29) is 16.7 Å². The third-order valence-corrected chi connectivity index (χ3v) is 4.18. The maximum absolute atomic E-state index is 13.0. The normalized spacial score (nSPS) is 12.0. The zero-order valence-electron chi connectivity index (χ0n) is 12.5.